The van der Waals surface area contributed by atoms with Gasteiger partial charge in [-0.15, -0.1) is 0 Å². The topological polar surface area (TPSA) is 79.1 Å². The molecule has 4 nitrogen and oxygen atoms in total. The fourth-order valence-electron chi connectivity index (χ4n) is 0.981. The molecule has 0 aromatic carbocycles. The largest absolute Gasteiger partial charge is 0.391 e. The summed E-state index contributed by atoms with van der Waals surface area (Å²) < 4.78 is 0.418. The van der Waals surface area contributed by atoms with Gasteiger partial charge in [-0.3, -0.25) is 4.79 Å². The lowest BCUT2D eigenvalue weighted by atomic mass is 10.1. The summed E-state index contributed by atoms with van der Waals surface area (Å²) in [5, 5.41) is 9.20. The number of aliphatic hydroxyl groups excluding tert-OH is 1. The molecule has 0 aliphatic heterocycles. The van der Waals surface area contributed by atoms with E-state index in [9.17, 15) is 9.90 Å². The Morgan fingerprint density at radius 3 is 2.77 bits per heavy atom. The first-order valence-electron chi connectivity index (χ1n) is 3.84. The number of rotatable bonds is 2. The van der Waals surface area contributed by atoms with Gasteiger partial charge < -0.3 is 15.8 Å². The standard InChI is InChI=1S/C8H11BrN2O2/c1-4(12)7(10)5-2-11-3-6(9)8(5)13/h2-4,7,12H,10H2,1H3,(H,11,13)/t4-,7-/m1/s1. The highest BCUT2D eigenvalue weighted by Crippen LogP contribution is 2.11. The Balaban J connectivity index is 3.16. The number of pyridine rings is 1. The van der Waals surface area contributed by atoms with Crippen molar-refractivity contribution in [3.8, 4) is 0 Å². The number of aromatic amines is 1. The van der Waals surface area contributed by atoms with Crippen LogP contribution in [0.2, 0.25) is 0 Å². The van der Waals surface area contributed by atoms with Gasteiger partial charge in [-0.25, -0.2) is 0 Å². The summed E-state index contributed by atoms with van der Waals surface area (Å²) >= 11 is 3.08. The predicted molar refractivity (Wildman–Crippen MR) is 53.4 cm³/mol. The van der Waals surface area contributed by atoms with Crippen molar-refractivity contribution in [3.05, 3.63) is 32.7 Å². The molecule has 1 heterocycles. The maximum Gasteiger partial charge on any atom is 0.200 e. The molecule has 4 N–H and O–H groups in total. The van der Waals surface area contributed by atoms with Crippen LogP contribution in [-0.4, -0.2) is 16.2 Å². The highest BCUT2D eigenvalue weighted by Gasteiger charge is 2.16. The van der Waals surface area contributed by atoms with Gasteiger partial charge in [0.2, 0.25) is 5.43 Å². The third kappa shape index (κ3) is 2.18. The summed E-state index contributed by atoms with van der Waals surface area (Å²) in [5.41, 5.74) is 5.81. The van der Waals surface area contributed by atoms with Crippen LogP contribution >= 0.6 is 15.9 Å². The fourth-order valence-corrected chi connectivity index (χ4v) is 1.34. The van der Waals surface area contributed by atoms with Crippen molar-refractivity contribution in [2.75, 3.05) is 0 Å². The molecule has 72 valence electrons. The minimum atomic E-state index is -0.740. The Kier molecular flexibility index (Phi) is 3.24. The van der Waals surface area contributed by atoms with E-state index in [0.717, 1.165) is 0 Å². The molecular formula is C8H11BrN2O2. The van der Waals surface area contributed by atoms with E-state index < -0.39 is 12.1 Å². The molecule has 0 aliphatic carbocycles. The number of H-pyrrole nitrogens is 1. The molecule has 1 rings (SSSR count). The second-order valence-electron chi connectivity index (χ2n) is 2.85. The zero-order chi connectivity index (χ0) is 10.0. The van der Waals surface area contributed by atoms with Gasteiger partial charge in [0.1, 0.15) is 0 Å². The average molecular weight is 247 g/mol. The first kappa shape index (κ1) is 10.4. The summed E-state index contributed by atoms with van der Waals surface area (Å²) in [7, 11) is 0. The van der Waals surface area contributed by atoms with Gasteiger partial charge in [0, 0.05) is 18.0 Å². The third-order valence-electron chi connectivity index (χ3n) is 1.81. The van der Waals surface area contributed by atoms with E-state index in [1.807, 2.05) is 0 Å². The SMILES string of the molecule is C[C@@H](O)[C@@H](N)c1c[nH]cc(Br)c1=O. The van der Waals surface area contributed by atoms with Crippen molar-refractivity contribution in [1.29, 1.82) is 0 Å². The average Bonchev–Trinajstić information content (AvgIpc) is 2.08. The zero-order valence-corrected chi connectivity index (χ0v) is 8.71. The molecule has 13 heavy (non-hydrogen) atoms. The van der Waals surface area contributed by atoms with Crippen LogP contribution in [0.15, 0.2) is 21.7 Å². The molecule has 0 spiro atoms. The van der Waals surface area contributed by atoms with E-state index in [1.54, 1.807) is 6.92 Å². The molecule has 5 heteroatoms. The van der Waals surface area contributed by atoms with Gasteiger partial charge >= 0.3 is 0 Å². The first-order chi connectivity index (χ1) is 6.04. The van der Waals surface area contributed by atoms with E-state index in [2.05, 4.69) is 20.9 Å². The maximum absolute atomic E-state index is 11.5. The number of nitrogens with two attached hydrogens (primary N) is 1. The van der Waals surface area contributed by atoms with Crippen LogP contribution in [0.5, 0.6) is 0 Å². The van der Waals surface area contributed by atoms with Gasteiger partial charge in [0.15, 0.2) is 0 Å². The Morgan fingerprint density at radius 2 is 2.23 bits per heavy atom. The number of hydrogen-bond donors (Lipinski definition) is 3. The molecule has 0 amide bonds. The summed E-state index contributed by atoms with van der Waals surface area (Å²) in [6, 6.07) is -0.652. The van der Waals surface area contributed by atoms with E-state index in [0.29, 0.717) is 10.0 Å². The fraction of sp³-hybridized carbons (Fsp3) is 0.375. The smallest absolute Gasteiger partial charge is 0.200 e. The van der Waals surface area contributed by atoms with Crippen molar-refractivity contribution >= 4 is 15.9 Å². The Hall–Kier alpha value is -0.650. The molecule has 0 saturated heterocycles. The molecule has 1 aromatic rings. The van der Waals surface area contributed by atoms with Gasteiger partial charge in [-0.2, -0.15) is 0 Å². The molecule has 0 unspecified atom stereocenters. The van der Waals surface area contributed by atoms with Crippen molar-refractivity contribution in [3.63, 3.8) is 0 Å². The lowest BCUT2D eigenvalue weighted by Gasteiger charge is -2.13. The quantitative estimate of drug-likeness (QED) is 0.712. The lowest BCUT2D eigenvalue weighted by Crippen LogP contribution is -2.29. The zero-order valence-electron chi connectivity index (χ0n) is 7.12. The van der Waals surface area contributed by atoms with Crippen LogP contribution in [0, 0.1) is 0 Å². The van der Waals surface area contributed by atoms with Gasteiger partial charge in [0.05, 0.1) is 16.6 Å². The predicted octanol–water partition coefficient (Wildman–Crippen LogP) is 0.518. The summed E-state index contributed by atoms with van der Waals surface area (Å²) in [4.78, 5) is 14.2. The summed E-state index contributed by atoms with van der Waals surface area (Å²) in [6.45, 7) is 1.55. The number of hydrogen-bond acceptors (Lipinski definition) is 3. The van der Waals surface area contributed by atoms with Crippen molar-refractivity contribution in [1.82, 2.24) is 4.98 Å². The van der Waals surface area contributed by atoms with Gasteiger partial charge in [0.25, 0.3) is 0 Å². The summed E-state index contributed by atoms with van der Waals surface area (Å²) in [5.74, 6) is 0. The van der Waals surface area contributed by atoms with E-state index >= 15 is 0 Å². The van der Waals surface area contributed by atoms with Crippen molar-refractivity contribution in [2.24, 2.45) is 5.73 Å². The minimum Gasteiger partial charge on any atom is -0.391 e. The molecule has 2 atom stereocenters. The maximum atomic E-state index is 11.5. The van der Waals surface area contributed by atoms with Crippen molar-refractivity contribution < 1.29 is 5.11 Å². The van der Waals surface area contributed by atoms with Crippen LogP contribution in [0.3, 0.4) is 0 Å². The molecule has 0 aliphatic rings. The monoisotopic (exact) mass is 246 g/mol. The first-order valence-corrected chi connectivity index (χ1v) is 4.63. The Bertz CT molecular complexity index is 348. The van der Waals surface area contributed by atoms with Gasteiger partial charge in [-0.05, 0) is 22.9 Å². The van der Waals surface area contributed by atoms with Crippen LogP contribution in [0.25, 0.3) is 0 Å². The highest BCUT2D eigenvalue weighted by molar-refractivity contribution is 9.10. The van der Waals surface area contributed by atoms with E-state index in [4.69, 9.17) is 5.73 Å². The molecule has 0 fully saturated rings. The van der Waals surface area contributed by atoms with Crippen molar-refractivity contribution in [2.45, 2.75) is 19.1 Å². The molecular weight excluding hydrogens is 236 g/mol. The molecule has 1 aromatic heterocycles. The second-order valence-corrected chi connectivity index (χ2v) is 3.71. The third-order valence-corrected chi connectivity index (χ3v) is 2.40. The van der Waals surface area contributed by atoms with Crippen LogP contribution in [-0.2, 0) is 0 Å². The Labute approximate surface area is 83.9 Å². The van der Waals surface area contributed by atoms with E-state index in [-0.39, 0.29) is 5.43 Å². The number of aliphatic hydroxyl groups is 1. The molecule has 0 saturated carbocycles. The number of aromatic nitrogens is 1. The lowest BCUT2D eigenvalue weighted by molar-refractivity contribution is 0.163. The minimum absolute atomic E-state index is 0.188. The van der Waals surface area contributed by atoms with Gasteiger partial charge in [-0.1, -0.05) is 0 Å². The highest BCUT2D eigenvalue weighted by atomic mass is 79.9. The van der Waals surface area contributed by atoms with E-state index in [1.165, 1.54) is 12.4 Å². The molecule has 0 radical (unpaired) electrons. The Morgan fingerprint density at radius 1 is 1.62 bits per heavy atom. The van der Waals surface area contributed by atoms with Crippen LogP contribution < -0.4 is 11.2 Å². The normalized spacial score (nSPS) is 15.4. The summed E-state index contributed by atoms with van der Waals surface area (Å²) in [6.07, 6.45) is 2.29. The number of nitrogens with one attached hydrogen (secondary N) is 1. The second kappa shape index (κ2) is 4.04. The number of halogens is 1. The molecule has 0 bridgehead atoms. The van der Waals surface area contributed by atoms with Crippen LogP contribution in [0.4, 0.5) is 0 Å². The van der Waals surface area contributed by atoms with Crippen LogP contribution in [0.1, 0.15) is 18.5 Å².